The maximum absolute atomic E-state index is 12.2. The second-order valence-corrected chi connectivity index (χ2v) is 9.48. The summed E-state index contributed by atoms with van der Waals surface area (Å²) in [5.41, 5.74) is 6.97. The van der Waals surface area contributed by atoms with E-state index in [0.29, 0.717) is 22.7 Å². The van der Waals surface area contributed by atoms with E-state index < -0.39 is 0 Å². The fourth-order valence-corrected chi connectivity index (χ4v) is 4.86. The van der Waals surface area contributed by atoms with Crippen molar-refractivity contribution in [2.24, 2.45) is 5.92 Å². The first kappa shape index (κ1) is 20.0. The number of nitrogens with one attached hydrogen (secondary N) is 3. The molecule has 0 atom stereocenters. The monoisotopic (exact) mass is 478 g/mol. The van der Waals surface area contributed by atoms with Gasteiger partial charge in [-0.3, -0.25) is 19.9 Å². The number of rotatable bonds is 5. The van der Waals surface area contributed by atoms with E-state index in [1.54, 1.807) is 29.9 Å². The molecule has 0 aromatic carbocycles. The first-order chi connectivity index (χ1) is 17.2. The van der Waals surface area contributed by atoms with Gasteiger partial charge in [-0.1, -0.05) is 6.07 Å². The molecule has 1 amide bonds. The first-order valence-corrected chi connectivity index (χ1v) is 12.1. The molecule has 35 heavy (non-hydrogen) atoms. The minimum atomic E-state index is 0.0470. The van der Waals surface area contributed by atoms with Crippen LogP contribution in [0.15, 0.2) is 60.5 Å². The maximum atomic E-state index is 12.2. The van der Waals surface area contributed by atoms with Crippen molar-refractivity contribution in [3.05, 3.63) is 60.5 Å². The Kier molecular flexibility index (Phi) is 4.46. The minimum Gasteiger partial charge on any atom is -0.335 e. The zero-order valence-corrected chi connectivity index (χ0v) is 19.1. The number of carbonyl (C=O) groups is 1. The van der Waals surface area contributed by atoms with E-state index >= 15 is 0 Å². The number of thiophene rings is 1. The third kappa shape index (κ3) is 3.55. The molecule has 3 N–H and O–H groups in total. The highest BCUT2D eigenvalue weighted by atomic mass is 32.1. The average molecular weight is 479 g/mol. The van der Waals surface area contributed by atoms with E-state index in [1.807, 2.05) is 35.8 Å². The largest absolute Gasteiger partial charge is 0.335 e. The molecule has 0 unspecified atom stereocenters. The Morgan fingerprint density at radius 1 is 1.00 bits per heavy atom. The highest BCUT2D eigenvalue weighted by Gasteiger charge is 2.29. The number of carbonyl (C=O) groups excluding carboxylic acids is 1. The van der Waals surface area contributed by atoms with Crippen LogP contribution in [0.2, 0.25) is 0 Å². The van der Waals surface area contributed by atoms with Crippen LogP contribution >= 0.6 is 11.3 Å². The van der Waals surface area contributed by atoms with E-state index in [4.69, 9.17) is 9.97 Å². The maximum Gasteiger partial charge on any atom is 0.227 e. The van der Waals surface area contributed by atoms with Crippen LogP contribution in [-0.4, -0.2) is 41.0 Å². The van der Waals surface area contributed by atoms with Gasteiger partial charge in [-0.15, -0.1) is 11.3 Å². The van der Waals surface area contributed by atoms with Crippen LogP contribution in [0, 0.1) is 5.92 Å². The van der Waals surface area contributed by atoms with Gasteiger partial charge in [-0.05, 0) is 42.5 Å². The molecular weight excluding hydrogens is 460 g/mol. The third-order valence-electron chi connectivity index (χ3n) is 6.06. The standard InChI is InChI=1S/C25H18N8OS/c34-25(13-3-4-13)28-15-8-14(9-26-10-15)17-5-6-18-22(29-17)23(33-32-18)24-30-19-12-27-11-16(21(19)31-24)20-2-1-7-35-20/h1-2,5-13H,3-4H2,(H,28,34)(H,30,31)(H,32,33). The van der Waals surface area contributed by atoms with E-state index in [0.717, 1.165) is 51.1 Å². The molecular formula is C25H18N8OS. The third-order valence-corrected chi connectivity index (χ3v) is 6.97. The fraction of sp³-hybridized carbons (Fsp3) is 0.120. The van der Waals surface area contributed by atoms with Crippen molar-refractivity contribution in [1.82, 2.24) is 35.1 Å². The summed E-state index contributed by atoms with van der Waals surface area (Å²) in [7, 11) is 0. The molecule has 6 aromatic rings. The van der Waals surface area contributed by atoms with Gasteiger partial charge in [0.05, 0.1) is 34.8 Å². The number of amides is 1. The van der Waals surface area contributed by atoms with Crippen LogP contribution in [0.1, 0.15) is 12.8 Å². The van der Waals surface area contributed by atoms with E-state index in [9.17, 15) is 4.79 Å². The van der Waals surface area contributed by atoms with Gasteiger partial charge in [0.25, 0.3) is 0 Å². The highest BCUT2D eigenvalue weighted by molar-refractivity contribution is 7.13. The van der Waals surface area contributed by atoms with Gasteiger partial charge in [0.2, 0.25) is 5.91 Å². The number of nitrogens with zero attached hydrogens (tertiary/aromatic N) is 5. The van der Waals surface area contributed by atoms with E-state index in [-0.39, 0.29) is 11.8 Å². The Bertz CT molecular complexity index is 1710. The molecule has 6 aromatic heterocycles. The van der Waals surface area contributed by atoms with Crippen LogP contribution in [0.25, 0.3) is 55.3 Å². The molecule has 7 rings (SSSR count). The number of aromatic amines is 2. The van der Waals surface area contributed by atoms with Crippen LogP contribution in [0.5, 0.6) is 0 Å². The van der Waals surface area contributed by atoms with Gasteiger partial charge < -0.3 is 10.3 Å². The normalized spacial score (nSPS) is 13.5. The minimum absolute atomic E-state index is 0.0470. The second kappa shape index (κ2) is 7.81. The van der Waals surface area contributed by atoms with Gasteiger partial charge in [0.15, 0.2) is 11.5 Å². The average Bonchev–Trinajstić information content (AvgIpc) is 3.26. The molecule has 10 heteroatoms. The van der Waals surface area contributed by atoms with Gasteiger partial charge in [-0.25, -0.2) is 9.97 Å². The van der Waals surface area contributed by atoms with Crippen molar-refractivity contribution in [3.8, 4) is 33.2 Å². The zero-order chi connectivity index (χ0) is 23.4. The lowest BCUT2D eigenvalue weighted by Crippen LogP contribution is -2.13. The van der Waals surface area contributed by atoms with E-state index in [1.165, 1.54) is 0 Å². The van der Waals surface area contributed by atoms with Gasteiger partial charge in [0, 0.05) is 34.3 Å². The smallest absolute Gasteiger partial charge is 0.227 e. The summed E-state index contributed by atoms with van der Waals surface area (Å²) in [6.07, 6.45) is 8.89. The molecule has 0 bridgehead atoms. The zero-order valence-electron chi connectivity index (χ0n) is 18.3. The summed E-state index contributed by atoms with van der Waals surface area (Å²) in [5, 5.41) is 12.5. The second-order valence-electron chi connectivity index (χ2n) is 8.54. The number of hydrogen-bond donors (Lipinski definition) is 3. The summed E-state index contributed by atoms with van der Waals surface area (Å²) in [6, 6.07) is 9.81. The Hall–Kier alpha value is -4.44. The lowest BCUT2D eigenvalue weighted by atomic mass is 10.1. The molecule has 9 nitrogen and oxygen atoms in total. The molecule has 6 heterocycles. The molecule has 1 aliphatic rings. The Labute approximate surface area is 202 Å². The number of fused-ring (bicyclic) bond motifs is 2. The SMILES string of the molecule is O=C(Nc1cncc(-c2ccc3[nH]nc(-c4nc5c(-c6cccs6)cncc5[nH]4)c3n2)c1)C1CC1. The number of anilines is 1. The molecule has 1 fully saturated rings. The number of H-pyrrole nitrogens is 2. The van der Waals surface area contributed by atoms with Crippen molar-refractivity contribution in [2.45, 2.75) is 12.8 Å². The molecule has 0 radical (unpaired) electrons. The molecule has 1 aliphatic carbocycles. The van der Waals surface area contributed by atoms with Crippen molar-refractivity contribution in [1.29, 1.82) is 0 Å². The Balaban J connectivity index is 1.29. The van der Waals surface area contributed by atoms with Gasteiger partial charge in [0.1, 0.15) is 11.0 Å². The first-order valence-electron chi connectivity index (χ1n) is 11.2. The number of hydrogen-bond acceptors (Lipinski definition) is 7. The molecule has 170 valence electrons. The summed E-state index contributed by atoms with van der Waals surface area (Å²) >= 11 is 1.65. The predicted octanol–water partition coefficient (Wildman–Crippen LogP) is 5.04. The number of pyridine rings is 3. The highest BCUT2D eigenvalue weighted by Crippen LogP contribution is 2.33. The van der Waals surface area contributed by atoms with Crippen molar-refractivity contribution in [3.63, 3.8) is 0 Å². The molecule has 1 saturated carbocycles. The summed E-state index contributed by atoms with van der Waals surface area (Å²) in [4.78, 5) is 35.0. The predicted molar refractivity (Wildman–Crippen MR) is 135 cm³/mol. The summed E-state index contributed by atoms with van der Waals surface area (Å²) < 4.78 is 0. The van der Waals surface area contributed by atoms with Crippen LogP contribution in [0.3, 0.4) is 0 Å². The van der Waals surface area contributed by atoms with Gasteiger partial charge in [-0.2, -0.15) is 5.10 Å². The topological polar surface area (TPSA) is 125 Å². The van der Waals surface area contributed by atoms with Crippen molar-refractivity contribution < 1.29 is 4.79 Å². The van der Waals surface area contributed by atoms with Crippen molar-refractivity contribution in [2.75, 3.05) is 5.32 Å². The van der Waals surface area contributed by atoms with E-state index in [2.05, 4.69) is 36.5 Å². The Morgan fingerprint density at radius 2 is 1.91 bits per heavy atom. The Morgan fingerprint density at radius 3 is 2.77 bits per heavy atom. The summed E-state index contributed by atoms with van der Waals surface area (Å²) in [6.45, 7) is 0. The molecule has 0 spiro atoms. The number of imidazole rings is 1. The quantitative estimate of drug-likeness (QED) is 0.319. The summed E-state index contributed by atoms with van der Waals surface area (Å²) in [5.74, 6) is 0.789. The molecule has 0 aliphatic heterocycles. The van der Waals surface area contributed by atoms with Crippen molar-refractivity contribution >= 4 is 45.0 Å². The van der Waals surface area contributed by atoms with Crippen LogP contribution < -0.4 is 5.32 Å². The lowest BCUT2D eigenvalue weighted by molar-refractivity contribution is -0.117. The number of aromatic nitrogens is 7. The molecule has 0 saturated heterocycles. The van der Waals surface area contributed by atoms with Crippen LogP contribution in [-0.2, 0) is 4.79 Å². The van der Waals surface area contributed by atoms with Crippen LogP contribution in [0.4, 0.5) is 5.69 Å². The fourth-order valence-electron chi connectivity index (χ4n) is 4.12. The van der Waals surface area contributed by atoms with Gasteiger partial charge >= 0.3 is 0 Å². The lowest BCUT2D eigenvalue weighted by Gasteiger charge is -2.06.